The number of ether oxygens (including phenoxy) is 1. The lowest BCUT2D eigenvalue weighted by molar-refractivity contribution is -0.200. The summed E-state index contributed by atoms with van der Waals surface area (Å²) in [4.78, 5) is 0. The molecular weight excluding hydrogens is 212 g/mol. The van der Waals surface area contributed by atoms with E-state index in [1.807, 2.05) is 25.1 Å². The monoisotopic (exact) mass is 234 g/mol. The van der Waals surface area contributed by atoms with Crippen LogP contribution in [0, 0.1) is 0 Å². The van der Waals surface area contributed by atoms with Crippen molar-refractivity contribution in [3.8, 4) is 0 Å². The van der Waals surface area contributed by atoms with Crippen molar-refractivity contribution in [3.05, 3.63) is 35.9 Å². The van der Waals surface area contributed by atoms with Crippen LogP contribution in [0.15, 0.2) is 30.3 Å². The molecule has 2 nitrogen and oxygen atoms in total. The van der Waals surface area contributed by atoms with Crippen molar-refractivity contribution in [3.63, 3.8) is 0 Å². The zero-order chi connectivity index (χ0) is 12.4. The Bertz CT molecular complexity index is 362. The van der Waals surface area contributed by atoms with Crippen LogP contribution in [0.25, 0.3) is 0 Å². The second kappa shape index (κ2) is 4.79. The van der Waals surface area contributed by atoms with E-state index in [4.69, 9.17) is 4.74 Å². The van der Waals surface area contributed by atoms with Crippen molar-refractivity contribution < 1.29 is 9.84 Å². The molecule has 0 spiro atoms. The molecule has 1 aliphatic rings. The molecule has 2 unspecified atom stereocenters. The molecule has 1 N–H and O–H groups in total. The van der Waals surface area contributed by atoms with Crippen LogP contribution < -0.4 is 0 Å². The van der Waals surface area contributed by atoms with Crippen LogP contribution in [-0.2, 0) is 10.3 Å². The molecule has 0 amide bonds. The largest absolute Gasteiger partial charge is 0.387 e. The zero-order valence-electron chi connectivity index (χ0n) is 10.8. The summed E-state index contributed by atoms with van der Waals surface area (Å²) >= 11 is 0. The van der Waals surface area contributed by atoms with Crippen LogP contribution in [0.1, 0.15) is 44.6 Å². The van der Waals surface area contributed by atoms with E-state index in [1.165, 1.54) is 0 Å². The third-order valence-electron chi connectivity index (χ3n) is 4.29. The van der Waals surface area contributed by atoms with E-state index in [0.717, 1.165) is 37.7 Å². The lowest BCUT2D eigenvalue weighted by atomic mass is 9.67. The number of hydrogen-bond donors (Lipinski definition) is 1. The predicted molar refractivity (Wildman–Crippen MR) is 68.8 cm³/mol. The van der Waals surface area contributed by atoms with Gasteiger partial charge in [0.25, 0.3) is 0 Å². The van der Waals surface area contributed by atoms with Gasteiger partial charge in [0.05, 0.1) is 5.60 Å². The maximum Gasteiger partial charge on any atom is 0.121 e. The lowest BCUT2D eigenvalue weighted by Crippen LogP contribution is -2.54. The molecule has 0 aromatic heterocycles. The molecule has 17 heavy (non-hydrogen) atoms. The molecule has 2 atom stereocenters. The molecule has 94 valence electrons. The van der Waals surface area contributed by atoms with Gasteiger partial charge in [0.2, 0.25) is 0 Å². The van der Waals surface area contributed by atoms with Crippen molar-refractivity contribution in [2.24, 2.45) is 0 Å². The first kappa shape index (κ1) is 12.6. The summed E-state index contributed by atoms with van der Waals surface area (Å²) in [5.74, 6) is 0. The van der Waals surface area contributed by atoms with Gasteiger partial charge in [-0.25, -0.2) is 0 Å². The summed E-state index contributed by atoms with van der Waals surface area (Å²) in [6.45, 7) is 2.04. The summed E-state index contributed by atoms with van der Waals surface area (Å²) in [5.41, 5.74) is -0.158. The van der Waals surface area contributed by atoms with Crippen LogP contribution in [0.4, 0.5) is 0 Å². The number of aliphatic hydroxyl groups is 1. The van der Waals surface area contributed by atoms with Crippen molar-refractivity contribution in [2.75, 3.05) is 7.11 Å². The highest BCUT2D eigenvalue weighted by Gasteiger charge is 2.52. The van der Waals surface area contributed by atoms with Crippen LogP contribution in [0.5, 0.6) is 0 Å². The fourth-order valence-corrected chi connectivity index (χ4v) is 3.22. The zero-order valence-corrected chi connectivity index (χ0v) is 10.8. The number of rotatable bonds is 3. The van der Waals surface area contributed by atoms with Crippen molar-refractivity contribution in [2.45, 2.75) is 50.2 Å². The Morgan fingerprint density at radius 1 is 1.18 bits per heavy atom. The molecule has 0 radical (unpaired) electrons. The van der Waals surface area contributed by atoms with Crippen molar-refractivity contribution >= 4 is 0 Å². The number of hydrogen-bond acceptors (Lipinski definition) is 2. The Kier molecular flexibility index (Phi) is 3.55. The molecule has 0 bridgehead atoms. The molecule has 0 saturated heterocycles. The minimum Gasteiger partial charge on any atom is -0.387 e. The lowest BCUT2D eigenvalue weighted by Gasteiger charge is -2.49. The smallest absolute Gasteiger partial charge is 0.121 e. The van der Waals surface area contributed by atoms with Gasteiger partial charge >= 0.3 is 0 Å². The highest BCUT2D eigenvalue weighted by molar-refractivity contribution is 5.27. The van der Waals surface area contributed by atoms with Gasteiger partial charge in [0, 0.05) is 7.11 Å². The van der Waals surface area contributed by atoms with E-state index >= 15 is 0 Å². The van der Waals surface area contributed by atoms with E-state index in [-0.39, 0.29) is 0 Å². The second-order valence-electron chi connectivity index (χ2n) is 4.99. The molecular formula is C15H22O2. The summed E-state index contributed by atoms with van der Waals surface area (Å²) in [7, 11) is 1.72. The van der Waals surface area contributed by atoms with E-state index in [1.54, 1.807) is 7.11 Å². The first-order chi connectivity index (χ1) is 8.18. The van der Waals surface area contributed by atoms with E-state index in [9.17, 15) is 5.11 Å². The van der Waals surface area contributed by atoms with Crippen molar-refractivity contribution in [1.82, 2.24) is 0 Å². The molecule has 2 rings (SSSR count). The average molecular weight is 234 g/mol. The van der Waals surface area contributed by atoms with E-state index in [0.29, 0.717) is 0 Å². The Morgan fingerprint density at radius 3 is 2.41 bits per heavy atom. The molecule has 1 saturated carbocycles. The Morgan fingerprint density at radius 2 is 1.82 bits per heavy atom. The maximum absolute atomic E-state index is 10.9. The standard InChI is InChI=1S/C15H22O2/c1-3-14(16)11-7-8-12-15(14,17-2)13-9-5-4-6-10-13/h4-6,9-10,16H,3,7-8,11-12H2,1-2H3. The summed E-state index contributed by atoms with van der Waals surface area (Å²) in [6, 6.07) is 10.2. The molecule has 1 aromatic rings. The van der Waals surface area contributed by atoms with Gasteiger partial charge in [-0.05, 0) is 31.2 Å². The van der Waals surface area contributed by atoms with Crippen LogP contribution >= 0.6 is 0 Å². The molecule has 1 fully saturated rings. The molecule has 1 aromatic carbocycles. The van der Waals surface area contributed by atoms with Gasteiger partial charge in [-0.3, -0.25) is 0 Å². The van der Waals surface area contributed by atoms with Gasteiger partial charge < -0.3 is 9.84 Å². The fourth-order valence-electron chi connectivity index (χ4n) is 3.22. The molecule has 2 heteroatoms. The second-order valence-corrected chi connectivity index (χ2v) is 4.99. The Hall–Kier alpha value is -0.860. The number of methoxy groups -OCH3 is 1. The highest BCUT2D eigenvalue weighted by Crippen LogP contribution is 2.48. The van der Waals surface area contributed by atoms with Crippen LogP contribution in [-0.4, -0.2) is 17.8 Å². The topological polar surface area (TPSA) is 29.5 Å². The third kappa shape index (κ3) is 1.90. The average Bonchev–Trinajstić information content (AvgIpc) is 2.40. The summed E-state index contributed by atoms with van der Waals surface area (Å²) in [5, 5.41) is 10.9. The van der Waals surface area contributed by atoms with Gasteiger partial charge in [-0.1, -0.05) is 43.7 Å². The first-order valence-electron chi connectivity index (χ1n) is 6.51. The van der Waals surface area contributed by atoms with Gasteiger partial charge in [-0.2, -0.15) is 0 Å². The minimum absolute atomic E-state index is 0.527. The fraction of sp³-hybridized carbons (Fsp3) is 0.600. The Labute approximate surface area is 104 Å². The predicted octanol–water partition coefficient (Wildman–Crippen LogP) is 3.24. The normalized spacial score (nSPS) is 33.6. The summed E-state index contributed by atoms with van der Waals surface area (Å²) < 4.78 is 5.82. The summed E-state index contributed by atoms with van der Waals surface area (Å²) in [6.07, 6.45) is 4.66. The minimum atomic E-state index is -0.735. The molecule has 0 heterocycles. The first-order valence-corrected chi connectivity index (χ1v) is 6.51. The van der Waals surface area contributed by atoms with Crippen LogP contribution in [0.2, 0.25) is 0 Å². The maximum atomic E-state index is 10.9. The molecule has 1 aliphatic carbocycles. The van der Waals surface area contributed by atoms with Gasteiger partial charge in [0.1, 0.15) is 5.60 Å². The van der Waals surface area contributed by atoms with Crippen LogP contribution in [0.3, 0.4) is 0 Å². The highest BCUT2D eigenvalue weighted by atomic mass is 16.5. The van der Waals surface area contributed by atoms with Gasteiger partial charge in [-0.15, -0.1) is 0 Å². The molecule has 0 aliphatic heterocycles. The number of benzene rings is 1. The van der Waals surface area contributed by atoms with Crippen molar-refractivity contribution in [1.29, 1.82) is 0 Å². The third-order valence-corrected chi connectivity index (χ3v) is 4.29. The van der Waals surface area contributed by atoms with Gasteiger partial charge in [0.15, 0.2) is 0 Å². The van der Waals surface area contributed by atoms with E-state index < -0.39 is 11.2 Å². The Balaban J connectivity index is 2.47. The quantitative estimate of drug-likeness (QED) is 0.870. The van der Waals surface area contributed by atoms with E-state index in [2.05, 4.69) is 12.1 Å². The SMILES string of the molecule is CCC1(O)CCCCC1(OC)c1ccccc1.